The molecule has 1 heterocycles. The fraction of sp³-hybridized carbons (Fsp3) is 0.471. The van der Waals surface area contributed by atoms with Crippen LogP contribution in [0.4, 0.5) is 0 Å². The van der Waals surface area contributed by atoms with Crippen LogP contribution in [0, 0.1) is 6.92 Å². The lowest BCUT2D eigenvalue weighted by atomic mass is 9.91. The largest absolute Gasteiger partial charge is 0.240 e. The van der Waals surface area contributed by atoms with Crippen LogP contribution in [0.3, 0.4) is 0 Å². The summed E-state index contributed by atoms with van der Waals surface area (Å²) in [5.41, 5.74) is 5.11. The maximum Gasteiger partial charge on any atom is 0.0683 e. The van der Waals surface area contributed by atoms with Gasteiger partial charge in [-0.1, -0.05) is 32.9 Å². The van der Waals surface area contributed by atoms with Crippen LogP contribution < -0.4 is 0 Å². The molecule has 2 heteroatoms. The van der Waals surface area contributed by atoms with Gasteiger partial charge in [-0.05, 0) is 55.4 Å². The SMILES string of the molecule is CCc1ccc(C(CC)CC)c(-n2ccc(C)n2)c1. The number of rotatable bonds is 5. The van der Waals surface area contributed by atoms with Crippen LogP contribution in [0.15, 0.2) is 30.5 Å². The van der Waals surface area contributed by atoms with Crippen molar-refractivity contribution >= 4 is 0 Å². The van der Waals surface area contributed by atoms with E-state index in [1.165, 1.54) is 29.7 Å². The molecule has 0 fully saturated rings. The van der Waals surface area contributed by atoms with Gasteiger partial charge >= 0.3 is 0 Å². The first-order valence-electron chi connectivity index (χ1n) is 7.35. The topological polar surface area (TPSA) is 17.8 Å². The molecule has 0 spiro atoms. The lowest BCUT2D eigenvalue weighted by molar-refractivity contribution is 0.633. The molecule has 0 atom stereocenters. The molecule has 0 aliphatic heterocycles. The molecule has 2 rings (SSSR count). The Hall–Kier alpha value is -1.57. The molecule has 0 saturated carbocycles. The minimum Gasteiger partial charge on any atom is -0.240 e. The van der Waals surface area contributed by atoms with Crippen molar-refractivity contribution in [1.82, 2.24) is 9.78 Å². The van der Waals surface area contributed by atoms with Crippen molar-refractivity contribution in [3.63, 3.8) is 0 Å². The van der Waals surface area contributed by atoms with Crippen LogP contribution in [0.25, 0.3) is 5.69 Å². The van der Waals surface area contributed by atoms with Gasteiger partial charge in [-0.2, -0.15) is 5.10 Å². The molecule has 102 valence electrons. The summed E-state index contributed by atoms with van der Waals surface area (Å²) in [6.45, 7) is 8.77. The van der Waals surface area contributed by atoms with E-state index < -0.39 is 0 Å². The predicted octanol–water partition coefficient (Wildman–Crippen LogP) is 4.65. The highest BCUT2D eigenvalue weighted by Gasteiger charge is 2.14. The van der Waals surface area contributed by atoms with Crippen LogP contribution in [0.5, 0.6) is 0 Å². The van der Waals surface area contributed by atoms with Crippen molar-refractivity contribution in [3.05, 3.63) is 47.3 Å². The summed E-state index contributed by atoms with van der Waals surface area (Å²) >= 11 is 0. The molecule has 2 aromatic rings. The molecule has 0 bridgehead atoms. The van der Waals surface area contributed by atoms with Gasteiger partial charge in [-0.15, -0.1) is 0 Å². The second-order valence-corrected chi connectivity index (χ2v) is 5.16. The Bertz CT molecular complexity index is 536. The monoisotopic (exact) mass is 256 g/mol. The third-order valence-electron chi connectivity index (χ3n) is 3.90. The first kappa shape index (κ1) is 13.9. The molecule has 0 radical (unpaired) electrons. The van der Waals surface area contributed by atoms with E-state index in [0.717, 1.165) is 12.1 Å². The van der Waals surface area contributed by atoms with Crippen LogP contribution in [-0.4, -0.2) is 9.78 Å². The molecule has 1 aromatic heterocycles. The van der Waals surface area contributed by atoms with Gasteiger partial charge < -0.3 is 0 Å². The zero-order valence-electron chi connectivity index (χ0n) is 12.5. The number of aromatic nitrogens is 2. The molecular weight excluding hydrogens is 232 g/mol. The van der Waals surface area contributed by atoms with Crippen molar-refractivity contribution in [1.29, 1.82) is 0 Å². The van der Waals surface area contributed by atoms with Gasteiger partial charge in [0.15, 0.2) is 0 Å². The van der Waals surface area contributed by atoms with Crippen LogP contribution in [0.2, 0.25) is 0 Å². The average Bonchev–Trinajstić information content (AvgIpc) is 2.87. The lowest BCUT2D eigenvalue weighted by Crippen LogP contribution is -2.06. The maximum absolute atomic E-state index is 4.58. The summed E-state index contributed by atoms with van der Waals surface area (Å²) in [7, 11) is 0. The standard InChI is InChI=1S/C17H24N2/c1-5-14-8-9-16(15(6-2)7-3)17(12-14)19-11-10-13(4)18-19/h8-12,15H,5-7H2,1-4H3. The van der Waals surface area contributed by atoms with E-state index in [0.29, 0.717) is 5.92 Å². The first-order valence-corrected chi connectivity index (χ1v) is 7.35. The summed E-state index contributed by atoms with van der Waals surface area (Å²) in [6.07, 6.45) is 5.48. The molecule has 1 aromatic carbocycles. The molecule has 0 aliphatic rings. The van der Waals surface area contributed by atoms with Gasteiger partial charge in [-0.25, -0.2) is 4.68 Å². The van der Waals surface area contributed by atoms with Gasteiger partial charge in [0.1, 0.15) is 0 Å². The van der Waals surface area contributed by atoms with E-state index in [-0.39, 0.29) is 0 Å². The van der Waals surface area contributed by atoms with E-state index >= 15 is 0 Å². The minimum atomic E-state index is 0.616. The third kappa shape index (κ3) is 2.89. The Morgan fingerprint density at radius 3 is 2.37 bits per heavy atom. The summed E-state index contributed by atoms with van der Waals surface area (Å²) in [6, 6.07) is 8.91. The van der Waals surface area contributed by atoms with Crippen molar-refractivity contribution in [2.24, 2.45) is 0 Å². The molecule has 2 nitrogen and oxygen atoms in total. The van der Waals surface area contributed by atoms with Gasteiger partial charge in [0.25, 0.3) is 0 Å². The van der Waals surface area contributed by atoms with E-state index in [4.69, 9.17) is 0 Å². The number of nitrogens with zero attached hydrogens (tertiary/aromatic N) is 2. The third-order valence-corrected chi connectivity index (χ3v) is 3.90. The molecule has 19 heavy (non-hydrogen) atoms. The highest BCUT2D eigenvalue weighted by atomic mass is 15.3. The van der Waals surface area contributed by atoms with Crippen LogP contribution in [-0.2, 0) is 6.42 Å². The Morgan fingerprint density at radius 2 is 1.84 bits per heavy atom. The molecule has 0 N–H and O–H groups in total. The Morgan fingerprint density at radius 1 is 1.11 bits per heavy atom. The molecule has 0 amide bonds. The second-order valence-electron chi connectivity index (χ2n) is 5.16. The van der Waals surface area contributed by atoms with Gasteiger partial charge in [0.2, 0.25) is 0 Å². The number of aryl methyl sites for hydroxylation is 2. The first-order chi connectivity index (χ1) is 9.19. The quantitative estimate of drug-likeness (QED) is 0.761. The normalized spacial score (nSPS) is 11.2. The average molecular weight is 256 g/mol. The van der Waals surface area contributed by atoms with Crippen molar-refractivity contribution < 1.29 is 0 Å². The maximum atomic E-state index is 4.58. The van der Waals surface area contributed by atoms with Crippen LogP contribution in [0.1, 0.15) is 56.4 Å². The fourth-order valence-electron chi connectivity index (χ4n) is 2.63. The second kappa shape index (κ2) is 6.05. The Labute approximate surface area is 116 Å². The zero-order chi connectivity index (χ0) is 13.8. The number of benzene rings is 1. The molecule has 0 saturated heterocycles. The number of hydrogen-bond donors (Lipinski definition) is 0. The smallest absolute Gasteiger partial charge is 0.0683 e. The van der Waals surface area contributed by atoms with Gasteiger partial charge in [0, 0.05) is 6.20 Å². The van der Waals surface area contributed by atoms with Crippen molar-refractivity contribution in [2.45, 2.75) is 52.9 Å². The lowest BCUT2D eigenvalue weighted by Gasteiger charge is -2.18. The summed E-state index contributed by atoms with van der Waals surface area (Å²) < 4.78 is 2.03. The summed E-state index contributed by atoms with van der Waals surface area (Å²) in [4.78, 5) is 0. The highest BCUT2D eigenvalue weighted by Crippen LogP contribution is 2.29. The summed E-state index contributed by atoms with van der Waals surface area (Å²) in [5.74, 6) is 0.616. The molecule has 0 aliphatic carbocycles. The van der Waals surface area contributed by atoms with Gasteiger partial charge in [-0.3, -0.25) is 0 Å². The predicted molar refractivity (Wildman–Crippen MR) is 81.0 cm³/mol. The van der Waals surface area contributed by atoms with E-state index in [1.807, 2.05) is 11.6 Å². The van der Waals surface area contributed by atoms with Crippen molar-refractivity contribution in [2.75, 3.05) is 0 Å². The Kier molecular flexibility index (Phi) is 4.41. The van der Waals surface area contributed by atoms with E-state index in [2.05, 4.69) is 56.3 Å². The summed E-state index contributed by atoms with van der Waals surface area (Å²) in [5, 5.41) is 4.58. The van der Waals surface area contributed by atoms with E-state index in [1.54, 1.807) is 0 Å². The fourth-order valence-corrected chi connectivity index (χ4v) is 2.63. The Balaban J connectivity index is 2.54. The zero-order valence-corrected chi connectivity index (χ0v) is 12.5. The van der Waals surface area contributed by atoms with Crippen LogP contribution >= 0.6 is 0 Å². The minimum absolute atomic E-state index is 0.616. The highest BCUT2D eigenvalue weighted by molar-refractivity contribution is 5.45. The van der Waals surface area contributed by atoms with Crippen molar-refractivity contribution in [3.8, 4) is 5.69 Å². The molecular formula is C17H24N2. The van der Waals surface area contributed by atoms with Gasteiger partial charge in [0.05, 0.1) is 11.4 Å². The molecule has 0 unspecified atom stereocenters. The van der Waals surface area contributed by atoms with E-state index in [9.17, 15) is 0 Å². The number of hydrogen-bond acceptors (Lipinski definition) is 1.